The fourth-order valence-corrected chi connectivity index (χ4v) is 6.26. The largest absolute Gasteiger partial charge is 0.474 e. The Bertz CT molecular complexity index is 1840. The fourth-order valence-electron chi connectivity index (χ4n) is 6.26. The molecule has 6 rings (SSSR count). The van der Waals surface area contributed by atoms with E-state index >= 15 is 4.39 Å². The predicted octanol–water partition coefficient (Wildman–Crippen LogP) is 7.26. The van der Waals surface area contributed by atoms with Crippen molar-refractivity contribution in [2.45, 2.75) is 84.0 Å². The molecule has 1 saturated carbocycles. The average Bonchev–Trinajstić information content (AvgIpc) is 3.02. The molecule has 1 aliphatic carbocycles. The van der Waals surface area contributed by atoms with Crippen LogP contribution >= 0.6 is 0 Å². The van der Waals surface area contributed by atoms with Gasteiger partial charge in [0.2, 0.25) is 5.88 Å². The zero-order valence-corrected chi connectivity index (χ0v) is 29.1. The number of amides is 3. The standard InChI is InChI=1S/C35H41F3N6O7/c1-6-7-9-49-33(47)44-8-10-48-30-29(44)19(2)24(15-40-30)23-11-20-12-26(39-16-25(20)28(27(23)36)42-32(46)51-34(3,4)5)41-31(45)50-22-13-21(14-22)43-17-35(37,38)18-43/h11-12,15-16,21-22H,6-10,13-14,17-18H2,1-5H3,(H,42,46)(H,39,41,45). The second kappa shape index (κ2) is 14.0. The van der Waals surface area contributed by atoms with Crippen LogP contribution in [0.2, 0.25) is 0 Å². The number of anilines is 3. The lowest BCUT2D eigenvalue weighted by Crippen LogP contribution is -2.63. The number of unbranched alkanes of at least 4 members (excludes halogenated alkanes) is 1. The molecule has 0 unspecified atom stereocenters. The molecule has 1 aromatic carbocycles. The highest BCUT2D eigenvalue weighted by atomic mass is 19.3. The number of hydrogen-bond acceptors (Lipinski definition) is 10. The Hall–Kier alpha value is -4.86. The van der Waals surface area contributed by atoms with E-state index in [1.165, 1.54) is 29.4 Å². The summed E-state index contributed by atoms with van der Waals surface area (Å²) in [5, 5.41) is 5.69. The third kappa shape index (κ3) is 7.90. The number of ether oxygens (including phenoxy) is 4. The molecule has 3 amide bonds. The fraction of sp³-hybridized carbons (Fsp3) is 0.514. The van der Waals surface area contributed by atoms with Crippen LogP contribution in [0.1, 0.15) is 58.9 Å². The number of nitrogens with one attached hydrogen (secondary N) is 2. The summed E-state index contributed by atoms with van der Waals surface area (Å²) in [5.41, 5.74) is 0.0522. The first-order valence-electron chi connectivity index (χ1n) is 16.9. The monoisotopic (exact) mass is 714 g/mol. The molecule has 13 nitrogen and oxygen atoms in total. The molecule has 2 fully saturated rings. The van der Waals surface area contributed by atoms with Crippen molar-refractivity contribution >= 4 is 46.2 Å². The highest BCUT2D eigenvalue weighted by Gasteiger charge is 2.50. The van der Waals surface area contributed by atoms with Crippen LogP contribution in [0.4, 0.5) is 44.7 Å². The van der Waals surface area contributed by atoms with Crippen LogP contribution in [0.15, 0.2) is 24.5 Å². The van der Waals surface area contributed by atoms with Crippen molar-refractivity contribution in [1.82, 2.24) is 14.9 Å². The molecule has 0 radical (unpaired) electrons. The number of aromatic nitrogens is 2. The number of hydrogen-bond donors (Lipinski definition) is 2. The Morgan fingerprint density at radius 2 is 1.80 bits per heavy atom. The first-order valence-corrected chi connectivity index (χ1v) is 16.9. The van der Waals surface area contributed by atoms with E-state index in [1.54, 1.807) is 32.6 Å². The van der Waals surface area contributed by atoms with Crippen molar-refractivity contribution in [3.8, 4) is 17.0 Å². The van der Waals surface area contributed by atoms with Crippen LogP contribution in [-0.4, -0.2) is 89.7 Å². The Balaban J connectivity index is 1.30. The number of rotatable bonds is 8. The minimum atomic E-state index is -2.66. The molecule has 4 heterocycles. The average molecular weight is 715 g/mol. The summed E-state index contributed by atoms with van der Waals surface area (Å²) < 4.78 is 65.1. The molecule has 2 aliphatic heterocycles. The van der Waals surface area contributed by atoms with Gasteiger partial charge < -0.3 is 18.9 Å². The molecule has 0 spiro atoms. The molecule has 51 heavy (non-hydrogen) atoms. The number of benzene rings is 1. The van der Waals surface area contributed by atoms with Gasteiger partial charge in [-0.15, -0.1) is 0 Å². The van der Waals surface area contributed by atoms with Crippen molar-refractivity contribution in [2.24, 2.45) is 0 Å². The second-order valence-electron chi connectivity index (χ2n) is 14.0. The van der Waals surface area contributed by atoms with Gasteiger partial charge in [0.05, 0.1) is 31.9 Å². The topological polar surface area (TPSA) is 144 Å². The van der Waals surface area contributed by atoms with E-state index in [9.17, 15) is 23.2 Å². The minimum absolute atomic E-state index is 0.0306. The number of pyridine rings is 2. The number of alkyl halides is 2. The van der Waals surface area contributed by atoms with Gasteiger partial charge in [0.1, 0.15) is 29.8 Å². The molecule has 0 bridgehead atoms. The number of halogens is 3. The van der Waals surface area contributed by atoms with Crippen LogP contribution in [-0.2, 0) is 14.2 Å². The Kier molecular flexibility index (Phi) is 9.90. The summed E-state index contributed by atoms with van der Waals surface area (Å²) in [6, 6.07) is 2.96. The van der Waals surface area contributed by atoms with Crippen LogP contribution in [0.5, 0.6) is 5.88 Å². The third-order valence-corrected chi connectivity index (χ3v) is 8.88. The molecule has 2 N–H and O–H groups in total. The summed E-state index contributed by atoms with van der Waals surface area (Å²) in [6.45, 7) is 8.76. The molecular formula is C35H41F3N6O7. The summed E-state index contributed by atoms with van der Waals surface area (Å²) in [7, 11) is 0. The van der Waals surface area contributed by atoms with E-state index < -0.39 is 41.7 Å². The predicted molar refractivity (Wildman–Crippen MR) is 182 cm³/mol. The lowest BCUT2D eigenvalue weighted by molar-refractivity contribution is -0.167. The van der Waals surface area contributed by atoms with Crippen molar-refractivity contribution in [1.29, 1.82) is 0 Å². The van der Waals surface area contributed by atoms with Gasteiger partial charge in [0.25, 0.3) is 5.92 Å². The van der Waals surface area contributed by atoms with Crippen LogP contribution in [0.25, 0.3) is 21.9 Å². The third-order valence-electron chi connectivity index (χ3n) is 8.88. The van der Waals surface area contributed by atoms with Gasteiger partial charge in [-0.3, -0.25) is 20.4 Å². The maximum Gasteiger partial charge on any atom is 0.414 e. The van der Waals surface area contributed by atoms with Gasteiger partial charge in [-0.1, -0.05) is 13.3 Å². The van der Waals surface area contributed by atoms with E-state index in [0.717, 1.165) is 6.42 Å². The first kappa shape index (κ1) is 35.9. The SMILES string of the molecule is CCCCOC(=O)N1CCOc2ncc(-c3cc4cc(NC(=O)OC5CC(N6CC(F)(F)C6)C5)ncc4c(NC(=O)OC(C)(C)C)c3F)c(C)c21. The zero-order valence-electron chi connectivity index (χ0n) is 29.1. The van der Waals surface area contributed by atoms with E-state index in [-0.39, 0.29) is 67.2 Å². The number of likely N-dealkylation sites (tertiary alicyclic amines) is 1. The van der Waals surface area contributed by atoms with Gasteiger partial charge in [0.15, 0.2) is 5.82 Å². The van der Waals surface area contributed by atoms with Gasteiger partial charge in [-0.2, -0.15) is 0 Å². The second-order valence-corrected chi connectivity index (χ2v) is 14.0. The Morgan fingerprint density at radius 1 is 1.06 bits per heavy atom. The van der Waals surface area contributed by atoms with Gasteiger partial charge in [0, 0.05) is 47.8 Å². The summed E-state index contributed by atoms with van der Waals surface area (Å²) in [6.07, 6.45) is 2.47. The molecule has 1 saturated heterocycles. The van der Waals surface area contributed by atoms with E-state index in [0.29, 0.717) is 41.5 Å². The van der Waals surface area contributed by atoms with Crippen molar-refractivity contribution in [2.75, 3.05) is 48.4 Å². The van der Waals surface area contributed by atoms with Crippen LogP contribution in [0, 0.1) is 12.7 Å². The van der Waals surface area contributed by atoms with Crippen molar-refractivity contribution in [3.05, 3.63) is 35.9 Å². The number of nitrogens with zero attached hydrogens (tertiary/aromatic N) is 4. The Labute approximate surface area is 292 Å². The molecule has 274 valence electrons. The van der Waals surface area contributed by atoms with Crippen LogP contribution < -0.4 is 20.3 Å². The molecule has 16 heteroatoms. The van der Waals surface area contributed by atoms with Gasteiger partial charge >= 0.3 is 18.3 Å². The number of carbonyl (C=O) groups is 3. The zero-order chi connectivity index (χ0) is 36.7. The molecule has 2 aromatic heterocycles. The van der Waals surface area contributed by atoms with Crippen molar-refractivity contribution < 1.29 is 46.5 Å². The summed E-state index contributed by atoms with van der Waals surface area (Å²) in [4.78, 5) is 50.5. The van der Waals surface area contributed by atoms with Gasteiger partial charge in [-0.25, -0.2) is 37.5 Å². The van der Waals surface area contributed by atoms with Crippen LogP contribution in [0.3, 0.4) is 0 Å². The summed E-state index contributed by atoms with van der Waals surface area (Å²) >= 11 is 0. The lowest BCUT2D eigenvalue weighted by Gasteiger charge is -2.49. The molecule has 3 aliphatic rings. The number of fused-ring (bicyclic) bond motifs is 2. The molecule has 3 aromatic rings. The summed E-state index contributed by atoms with van der Waals surface area (Å²) in [5.74, 6) is -3.20. The maximum absolute atomic E-state index is 16.6. The lowest BCUT2D eigenvalue weighted by atomic mass is 9.85. The normalized spacial score (nSPS) is 19.6. The maximum atomic E-state index is 16.6. The minimum Gasteiger partial charge on any atom is -0.474 e. The highest BCUT2D eigenvalue weighted by molar-refractivity contribution is 6.05. The number of carbonyl (C=O) groups excluding carboxylic acids is 3. The molecular weight excluding hydrogens is 673 g/mol. The van der Waals surface area contributed by atoms with E-state index in [2.05, 4.69) is 20.6 Å². The Morgan fingerprint density at radius 3 is 2.49 bits per heavy atom. The molecule has 0 atom stereocenters. The smallest absolute Gasteiger partial charge is 0.414 e. The van der Waals surface area contributed by atoms with E-state index in [1.807, 2.05) is 6.92 Å². The first-order chi connectivity index (χ1) is 24.1. The van der Waals surface area contributed by atoms with E-state index in [4.69, 9.17) is 18.9 Å². The highest BCUT2D eigenvalue weighted by Crippen LogP contribution is 2.43. The van der Waals surface area contributed by atoms with Gasteiger partial charge in [-0.05, 0) is 57.2 Å². The van der Waals surface area contributed by atoms with Crippen molar-refractivity contribution in [3.63, 3.8) is 0 Å². The quantitative estimate of drug-likeness (QED) is 0.181.